The van der Waals surface area contributed by atoms with Gasteiger partial charge in [-0.3, -0.25) is 4.79 Å². The fourth-order valence-corrected chi connectivity index (χ4v) is 2.68. The van der Waals surface area contributed by atoms with Crippen molar-refractivity contribution in [3.8, 4) is 11.5 Å². The lowest BCUT2D eigenvalue weighted by atomic mass is 10.2. The van der Waals surface area contributed by atoms with Crippen LogP contribution in [0.15, 0.2) is 72.8 Å². The van der Waals surface area contributed by atoms with Gasteiger partial charge in [0.05, 0.1) is 7.11 Å². The van der Waals surface area contributed by atoms with Gasteiger partial charge < -0.3 is 20.1 Å². The smallest absolute Gasteiger partial charge is 0.262 e. The lowest BCUT2D eigenvalue weighted by molar-refractivity contribution is -0.118. The molecule has 0 aliphatic carbocycles. The first-order chi connectivity index (χ1) is 13.6. The van der Waals surface area contributed by atoms with E-state index in [1.54, 1.807) is 7.11 Å². The fraction of sp³-hybridized carbons (Fsp3) is 0.174. The molecule has 0 aliphatic rings. The number of carbonyl (C=O) groups excluding carboxylic acids is 1. The summed E-state index contributed by atoms with van der Waals surface area (Å²) in [6, 6.07) is 23.2. The summed E-state index contributed by atoms with van der Waals surface area (Å²) in [5.74, 6) is 0.902. The van der Waals surface area contributed by atoms with Crippen molar-refractivity contribution in [1.82, 2.24) is 0 Å². The van der Waals surface area contributed by atoms with Crippen LogP contribution in [0.4, 0.5) is 11.4 Å². The Balaban J connectivity index is 1.56. The summed E-state index contributed by atoms with van der Waals surface area (Å²) in [7, 11) is 1.59. The molecule has 5 heteroatoms. The second kappa shape index (κ2) is 9.46. The number of nitrogens with one attached hydrogen (secondary N) is 2. The summed E-state index contributed by atoms with van der Waals surface area (Å²) in [5.41, 5.74) is 4.08. The minimum absolute atomic E-state index is 0.0911. The Labute approximate surface area is 165 Å². The zero-order valence-corrected chi connectivity index (χ0v) is 16.1. The number of hydrogen-bond donors (Lipinski definition) is 2. The average Bonchev–Trinajstić information content (AvgIpc) is 2.73. The summed E-state index contributed by atoms with van der Waals surface area (Å²) in [4.78, 5) is 12.0. The van der Waals surface area contributed by atoms with Gasteiger partial charge >= 0.3 is 0 Å². The van der Waals surface area contributed by atoms with Crippen LogP contribution >= 0.6 is 0 Å². The number of rotatable bonds is 8. The molecule has 3 aromatic rings. The third kappa shape index (κ3) is 5.51. The van der Waals surface area contributed by atoms with Gasteiger partial charge in [-0.1, -0.05) is 42.0 Å². The van der Waals surface area contributed by atoms with Crippen molar-refractivity contribution >= 4 is 17.3 Å². The fourth-order valence-electron chi connectivity index (χ4n) is 2.68. The number of para-hydroxylation sites is 1. The van der Waals surface area contributed by atoms with E-state index in [1.807, 2.05) is 48.5 Å². The molecular weight excluding hydrogens is 352 g/mol. The van der Waals surface area contributed by atoms with Crippen LogP contribution in [0.2, 0.25) is 0 Å². The maximum absolute atomic E-state index is 12.0. The maximum Gasteiger partial charge on any atom is 0.262 e. The van der Waals surface area contributed by atoms with E-state index >= 15 is 0 Å². The third-order valence-electron chi connectivity index (χ3n) is 4.19. The summed E-state index contributed by atoms with van der Waals surface area (Å²) >= 11 is 0. The summed E-state index contributed by atoms with van der Waals surface area (Å²) in [5, 5.41) is 6.16. The van der Waals surface area contributed by atoms with Gasteiger partial charge in [0.25, 0.3) is 5.91 Å². The number of hydrogen-bond acceptors (Lipinski definition) is 4. The van der Waals surface area contributed by atoms with Crippen molar-refractivity contribution in [3.63, 3.8) is 0 Å². The average molecular weight is 376 g/mol. The first-order valence-corrected chi connectivity index (χ1v) is 9.09. The van der Waals surface area contributed by atoms with E-state index in [4.69, 9.17) is 9.47 Å². The summed E-state index contributed by atoms with van der Waals surface area (Å²) in [6.07, 6.45) is 0. The van der Waals surface area contributed by atoms with E-state index in [1.165, 1.54) is 5.56 Å². The van der Waals surface area contributed by atoms with Crippen LogP contribution in [-0.4, -0.2) is 19.6 Å². The van der Waals surface area contributed by atoms with Crippen molar-refractivity contribution in [2.75, 3.05) is 24.4 Å². The Morgan fingerprint density at radius 1 is 0.893 bits per heavy atom. The van der Waals surface area contributed by atoms with Crippen molar-refractivity contribution in [2.45, 2.75) is 13.5 Å². The normalized spacial score (nSPS) is 10.2. The minimum atomic E-state index is -0.224. The van der Waals surface area contributed by atoms with E-state index in [2.05, 4.69) is 41.8 Å². The molecule has 3 rings (SSSR count). The topological polar surface area (TPSA) is 59.6 Å². The molecule has 0 unspecified atom stereocenters. The largest absolute Gasteiger partial charge is 0.493 e. The number of benzene rings is 3. The van der Waals surface area contributed by atoms with Gasteiger partial charge in [0.1, 0.15) is 0 Å². The van der Waals surface area contributed by atoms with Gasteiger partial charge in [0, 0.05) is 17.9 Å². The van der Waals surface area contributed by atoms with Crippen molar-refractivity contribution in [1.29, 1.82) is 0 Å². The molecule has 5 nitrogen and oxygen atoms in total. The first kappa shape index (κ1) is 19.3. The Hall–Kier alpha value is -3.47. The molecule has 1 amide bonds. The predicted molar refractivity (Wildman–Crippen MR) is 112 cm³/mol. The molecule has 0 aromatic heterocycles. The standard InChI is InChI=1S/C23H24N2O3/c1-17-8-11-19(12-9-17)24-15-18-10-13-21(22(14-18)27-2)28-16-23(26)25-20-6-4-3-5-7-20/h3-14,24H,15-16H2,1-2H3,(H,25,26). The summed E-state index contributed by atoms with van der Waals surface area (Å²) in [6.45, 7) is 2.63. The number of aryl methyl sites for hydroxylation is 1. The number of ether oxygens (including phenoxy) is 2. The monoisotopic (exact) mass is 376 g/mol. The van der Waals surface area contributed by atoms with E-state index in [0.29, 0.717) is 18.0 Å². The van der Waals surface area contributed by atoms with Gasteiger partial charge in [0.2, 0.25) is 0 Å². The minimum Gasteiger partial charge on any atom is -0.493 e. The Bertz CT molecular complexity index is 909. The van der Waals surface area contributed by atoms with Crippen LogP contribution < -0.4 is 20.1 Å². The van der Waals surface area contributed by atoms with Crippen molar-refractivity contribution < 1.29 is 14.3 Å². The highest BCUT2D eigenvalue weighted by Gasteiger charge is 2.09. The van der Waals surface area contributed by atoms with Crippen LogP contribution in [0.25, 0.3) is 0 Å². The predicted octanol–water partition coefficient (Wildman–Crippen LogP) is 4.63. The highest BCUT2D eigenvalue weighted by Crippen LogP contribution is 2.28. The maximum atomic E-state index is 12.0. The molecule has 0 radical (unpaired) electrons. The Morgan fingerprint density at radius 3 is 2.36 bits per heavy atom. The number of carbonyl (C=O) groups is 1. The van der Waals surface area contributed by atoms with Crippen LogP contribution in [-0.2, 0) is 11.3 Å². The highest BCUT2D eigenvalue weighted by atomic mass is 16.5. The van der Waals surface area contributed by atoms with Crippen LogP contribution in [0.5, 0.6) is 11.5 Å². The first-order valence-electron chi connectivity index (χ1n) is 9.09. The highest BCUT2D eigenvalue weighted by molar-refractivity contribution is 5.91. The molecule has 0 fully saturated rings. The Morgan fingerprint density at radius 2 is 1.64 bits per heavy atom. The quantitative estimate of drug-likeness (QED) is 0.602. The number of methoxy groups -OCH3 is 1. The van der Waals surface area contributed by atoms with E-state index < -0.39 is 0 Å². The van der Waals surface area contributed by atoms with Crippen molar-refractivity contribution in [3.05, 3.63) is 83.9 Å². The molecule has 144 valence electrons. The molecule has 0 saturated carbocycles. The van der Waals surface area contributed by atoms with Gasteiger partial charge in [-0.25, -0.2) is 0 Å². The molecule has 0 bridgehead atoms. The summed E-state index contributed by atoms with van der Waals surface area (Å²) < 4.78 is 11.1. The second-order valence-electron chi connectivity index (χ2n) is 6.41. The molecule has 0 saturated heterocycles. The molecule has 0 atom stereocenters. The van der Waals surface area contributed by atoms with E-state index in [0.717, 1.165) is 16.9 Å². The molecule has 0 heterocycles. The molecule has 28 heavy (non-hydrogen) atoms. The molecule has 0 aliphatic heterocycles. The number of amides is 1. The lowest BCUT2D eigenvalue weighted by Gasteiger charge is -2.13. The van der Waals surface area contributed by atoms with Crippen molar-refractivity contribution in [2.24, 2.45) is 0 Å². The molecular formula is C23H24N2O3. The van der Waals surface area contributed by atoms with Gasteiger partial charge in [0.15, 0.2) is 18.1 Å². The van der Waals surface area contributed by atoms with Gasteiger partial charge in [-0.05, 0) is 48.9 Å². The lowest BCUT2D eigenvalue weighted by Crippen LogP contribution is -2.20. The zero-order valence-electron chi connectivity index (χ0n) is 16.1. The van der Waals surface area contributed by atoms with Crippen LogP contribution in [0.1, 0.15) is 11.1 Å². The van der Waals surface area contributed by atoms with Gasteiger partial charge in [-0.2, -0.15) is 0 Å². The van der Waals surface area contributed by atoms with E-state index in [9.17, 15) is 4.79 Å². The zero-order chi connectivity index (χ0) is 19.8. The SMILES string of the molecule is COc1cc(CNc2ccc(C)cc2)ccc1OCC(=O)Nc1ccccc1. The second-order valence-corrected chi connectivity index (χ2v) is 6.41. The Kier molecular flexibility index (Phi) is 6.52. The van der Waals surface area contributed by atoms with Gasteiger partial charge in [-0.15, -0.1) is 0 Å². The molecule has 2 N–H and O–H groups in total. The van der Waals surface area contributed by atoms with Crippen LogP contribution in [0, 0.1) is 6.92 Å². The number of anilines is 2. The molecule has 0 spiro atoms. The molecule has 3 aromatic carbocycles. The third-order valence-corrected chi connectivity index (χ3v) is 4.19. The van der Waals surface area contributed by atoms with Crippen LogP contribution in [0.3, 0.4) is 0 Å². The van der Waals surface area contributed by atoms with E-state index in [-0.39, 0.29) is 12.5 Å².